The smallest absolute Gasteiger partial charge is 0.220 e. The Hall–Kier alpha value is -0.830. The molecule has 0 bridgehead atoms. The number of nitrogens with one attached hydrogen (secondary N) is 1. The highest BCUT2D eigenvalue weighted by Crippen LogP contribution is 2.29. The van der Waals surface area contributed by atoms with Crippen LogP contribution in [0, 0.1) is 0 Å². The molecule has 2 rings (SSSR count). The van der Waals surface area contributed by atoms with Crippen molar-refractivity contribution in [3.05, 3.63) is 11.8 Å². The van der Waals surface area contributed by atoms with Crippen molar-refractivity contribution in [2.75, 3.05) is 13.1 Å². The first kappa shape index (κ1) is 10.7. The molecule has 0 aromatic carbocycles. The first-order chi connectivity index (χ1) is 7.27. The van der Waals surface area contributed by atoms with Gasteiger partial charge in [-0.05, 0) is 44.3 Å². The lowest BCUT2D eigenvalue weighted by Crippen LogP contribution is -2.44. The summed E-state index contributed by atoms with van der Waals surface area (Å²) >= 11 is 0. The van der Waals surface area contributed by atoms with Crippen molar-refractivity contribution in [3.63, 3.8) is 0 Å². The van der Waals surface area contributed by atoms with Crippen LogP contribution in [0.4, 0.5) is 0 Å². The maximum absolute atomic E-state index is 10.9. The minimum atomic E-state index is 0.0374. The summed E-state index contributed by atoms with van der Waals surface area (Å²) in [6.07, 6.45) is 8.28. The Morgan fingerprint density at radius 2 is 2.20 bits per heavy atom. The van der Waals surface area contributed by atoms with Crippen LogP contribution in [0.3, 0.4) is 0 Å². The molecule has 0 radical (unpaired) electrons. The Bertz CT molecular complexity index is 271. The molecule has 2 heterocycles. The average molecular weight is 208 g/mol. The standard InChI is InChI=1S/C12H20N2O/c1-10(15)13-9-11-5-4-8-14-7-3-2-6-12(11)14/h9,12H,2-8H2,1H3,(H,13,15)/b11-9-/t12-/m1/s1. The zero-order valence-corrected chi connectivity index (χ0v) is 9.46. The van der Waals surface area contributed by atoms with E-state index < -0.39 is 0 Å². The van der Waals surface area contributed by atoms with Crippen molar-refractivity contribution in [3.8, 4) is 0 Å². The van der Waals surface area contributed by atoms with Gasteiger partial charge in [0.2, 0.25) is 5.91 Å². The van der Waals surface area contributed by atoms with E-state index in [1.54, 1.807) is 6.92 Å². The third kappa shape index (κ3) is 2.59. The SMILES string of the molecule is CC(=O)N/C=C1/CCCN2CCCC[C@H]12. The second-order valence-corrected chi connectivity index (χ2v) is 4.57. The van der Waals surface area contributed by atoms with Gasteiger partial charge < -0.3 is 5.32 Å². The highest BCUT2D eigenvalue weighted by Gasteiger charge is 2.28. The number of fused-ring (bicyclic) bond motifs is 1. The van der Waals surface area contributed by atoms with Gasteiger partial charge in [0.05, 0.1) is 0 Å². The number of carbonyl (C=O) groups excluding carboxylic acids is 1. The Labute approximate surface area is 91.5 Å². The van der Waals surface area contributed by atoms with Gasteiger partial charge in [-0.2, -0.15) is 0 Å². The van der Waals surface area contributed by atoms with Crippen LogP contribution in [0.15, 0.2) is 11.8 Å². The molecule has 1 atom stereocenters. The molecule has 3 heteroatoms. The molecular formula is C12H20N2O. The molecule has 0 spiro atoms. The maximum Gasteiger partial charge on any atom is 0.220 e. The number of carbonyl (C=O) groups is 1. The highest BCUT2D eigenvalue weighted by molar-refractivity contribution is 5.74. The van der Waals surface area contributed by atoms with E-state index in [2.05, 4.69) is 10.2 Å². The first-order valence-electron chi connectivity index (χ1n) is 5.97. The predicted molar refractivity (Wildman–Crippen MR) is 60.3 cm³/mol. The summed E-state index contributed by atoms with van der Waals surface area (Å²) in [5.74, 6) is 0.0374. The second-order valence-electron chi connectivity index (χ2n) is 4.57. The van der Waals surface area contributed by atoms with E-state index in [1.165, 1.54) is 44.3 Å². The zero-order chi connectivity index (χ0) is 10.7. The van der Waals surface area contributed by atoms with Gasteiger partial charge in [0.15, 0.2) is 0 Å². The van der Waals surface area contributed by atoms with Gasteiger partial charge in [0, 0.05) is 19.2 Å². The summed E-state index contributed by atoms with van der Waals surface area (Å²) < 4.78 is 0. The van der Waals surface area contributed by atoms with Crippen LogP contribution < -0.4 is 5.32 Å². The molecule has 2 saturated heterocycles. The van der Waals surface area contributed by atoms with E-state index in [9.17, 15) is 4.79 Å². The number of nitrogens with zero attached hydrogens (tertiary/aromatic N) is 1. The van der Waals surface area contributed by atoms with Crippen molar-refractivity contribution in [2.45, 2.75) is 45.1 Å². The van der Waals surface area contributed by atoms with E-state index in [0.29, 0.717) is 6.04 Å². The van der Waals surface area contributed by atoms with Crippen molar-refractivity contribution < 1.29 is 4.79 Å². The summed E-state index contributed by atoms with van der Waals surface area (Å²) in [6, 6.07) is 0.611. The molecule has 0 saturated carbocycles. The maximum atomic E-state index is 10.9. The van der Waals surface area contributed by atoms with E-state index in [-0.39, 0.29) is 5.91 Å². The van der Waals surface area contributed by atoms with Gasteiger partial charge in [0.25, 0.3) is 0 Å². The first-order valence-corrected chi connectivity index (χ1v) is 5.97. The van der Waals surface area contributed by atoms with E-state index in [0.717, 1.165) is 6.42 Å². The van der Waals surface area contributed by atoms with Crippen molar-refractivity contribution in [2.24, 2.45) is 0 Å². The third-order valence-electron chi connectivity index (χ3n) is 3.41. The summed E-state index contributed by atoms with van der Waals surface area (Å²) in [5, 5.41) is 2.82. The molecule has 1 N–H and O–H groups in total. The van der Waals surface area contributed by atoms with Crippen LogP contribution in [0.5, 0.6) is 0 Å². The summed E-state index contributed by atoms with van der Waals surface area (Å²) in [7, 11) is 0. The molecule has 84 valence electrons. The van der Waals surface area contributed by atoms with Gasteiger partial charge in [-0.15, -0.1) is 0 Å². The van der Waals surface area contributed by atoms with Crippen molar-refractivity contribution in [1.29, 1.82) is 0 Å². The van der Waals surface area contributed by atoms with Gasteiger partial charge >= 0.3 is 0 Å². The molecule has 15 heavy (non-hydrogen) atoms. The number of piperidine rings is 2. The number of hydrogen-bond donors (Lipinski definition) is 1. The molecule has 2 aliphatic rings. The lowest BCUT2D eigenvalue weighted by molar-refractivity contribution is -0.118. The van der Waals surface area contributed by atoms with E-state index >= 15 is 0 Å². The fourth-order valence-electron chi connectivity index (χ4n) is 2.69. The Morgan fingerprint density at radius 3 is 3.00 bits per heavy atom. The molecule has 2 aliphatic heterocycles. The quantitative estimate of drug-likeness (QED) is 0.710. The van der Waals surface area contributed by atoms with Gasteiger partial charge in [-0.3, -0.25) is 9.69 Å². The molecular weight excluding hydrogens is 188 g/mol. The molecule has 0 aromatic heterocycles. The van der Waals surface area contributed by atoms with Crippen LogP contribution in [0.2, 0.25) is 0 Å². The zero-order valence-electron chi connectivity index (χ0n) is 9.46. The van der Waals surface area contributed by atoms with E-state index in [1.807, 2.05) is 6.20 Å². The van der Waals surface area contributed by atoms with Crippen molar-refractivity contribution >= 4 is 5.91 Å². The van der Waals surface area contributed by atoms with Crippen LogP contribution in [0.25, 0.3) is 0 Å². The minimum absolute atomic E-state index is 0.0374. The fourth-order valence-corrected chi connectivity index (χ4v) is 2.69. The van der Waals surface area contributed by atoms with Gasteiger partial charge in [-0.25, -0.2) is 0 Å². The summed E-state index contributed by atoms with van der Waals surface area (Å²) in [4.78, 5) is 13.4. The van der Waals surface area contributed by atoms with Crippen LogP contribution >= 0.6 is 0 Å². The van der Waals surface area contributed by atoms with Crippen LogP contribution in [0.1, 0.15) is 39.0 Å². The minimum Gasteiger partial charge on any atom is -0.333 e. The second kappa shape index (κ2) is 4.79. The van der Waals surface area contributed by atoms with Gasteiger partial charge in [-0.1, -0.05) is 6.42 Å². The van der Waals surface area contributed by atoms with Gasteiger partial charge in [0.1, 0.15) is 0 Å². The topological polar surface area (TPSA) is 32.3 Å². The normalized spacial score (nSPS) is 29.9. The van der Waals surface area contributed by atoms with Crippen molar-refractivity contribution in [1.82, 2.24) is 10.2 Å². The lowest BCUT2D eigenvalue weighted by Gasteiger charge is -2.40. The Kier molecular flexibility index (Phi) is 3.41. The fraction of sp³-hybridized carbons (Fsp3) is 0.750. The number of rotatable bonds is 1. The Balaban J connectivity index is 2.03. The molecule has 1 amide bonds. The molecule has 0 aromatic rings. The predicted octanol–water partition coefficient (Wildman–Crippen LogP) is 1.65. The summed E-state index contributed by atoms with van der Waals surface area (Å²) in [5.41, 5.74) is 1.43. The molecule has 0 aliphatic carbocycles. The lowest BCUT2D eigenvalue weighted by atomic mass is 9.89. The molecule has 2 fully saturated rings. The monoisotopic (exact) mass is 208 g/mol. The number of hydrogen-bond acceptors (Lipinski definition) is 2. The van der Waals surface area contributed by atoms with Crippen LogP contribution in [-0.4, -0.2) is 29.9 Å². The molecule has 3 nitrogen and oxygen atoms in total. The largest absolute Gasteiger partial charge is 0.333 e. The highest BCUT2D eigenvalue weighted by atomic mass is 16.1. The number of amides is 1. The van der Waals surface area contributed by atoms with E-state index in [4.69, 9.17) is 0 Å². The van der Waals surface area contributed by atoms with Crippen LogP contribution in [-0.2, 0) is 4.79 Å². The average Bonchev–Trinajstić information content (AvgIpc) is 2.26. The third-order valence-corrected chi connectivity index (χ3v) is 3.41. The summed E-state index contributed by atoms with van der Waals surface area (Å²) in [6.45, 7) is 4.04. The Morgan fingerprint density at radius 1 is 1.40 bits per heavy atom. The molecule has 0 unspecified atom stereocenters.